The maximum atomic E-state index is 12.1. The summed E-state index contributed by atoms with van der Waals surface area (Å²) in [5.41, 5.74) is 2.96. The van der Waals surface area contributed by atoms with Gasteiger partial charge in [-0.15, -0.1) is 0 Å². The quantitative estimate of drug-likeness (QED) is 0.819. The van der Waals surface area contributed by atoms with Gasteiger partial charge in [0, 0.05) is 18.7 Å². The molecule has 5 heteroatoms. The highest BCUT2D eigenvalue weighted by atomic mass is 16.5. The lowest BCUT2D eigenvalue weighted by molar-refractivity contribution is 0.0418. The lowest BCUT2D eigenvalue weighted by Crippen LogP contribution is -2.34. The van der Waals surface area contributed by atoms with Gasteiger partial charge in [-0.25, -0.2) is 0 Å². The Balaban J connectivity index is 1.98. The molecule has 0 heterocycles. The number of hydrogen-bond acceptors (Lipinski definition) is 4. The Labute approximate surface area is 141 Å². The Morgan fingerprint density at radius 2 is 2.00 bits per heavy atom. The van der Waals surface area contributed by atoms with Gasteiger partial charge in [0.2, 0.25) is 0 Å². The summed E-state index contributed by atoms with van der Waals surface area (Å²) >= 11 is 0. The molecule has 0 bridgehead atoms. The highest BCUT2D eigenvalue weighted by molar-refractivity contribution is 5.94. The molecule has 0 aromatic heterocycles. The number of nitrogens with zero attached hydrogens (tertiary/aromatic N) is 1. The minimum absolute atomic E-state index is 0.144. The van der Waals surface area contributed by atoms with E-state index in [1.807, 2.05) is 31.2 Å². The van der Waals surface area contributed by atoms with Crippen LogP contribution in [0, 0.1) is 11.3 Å². The molecule has 2 N–H and O–H groups in total. The summed E-state index contributed by atoms with van der Waals surface area (Å²) in [6.07, 6.45) is -0.720. The molecular weight excluding hydrogens is 304 g/mol. The van der Waals surface area contributed by atoms with Crippen molar-refractivity contribution in [3.63, 3.8) is 0 Å². The maximum absolute atomic E-state index is 12.1. The molecule has 0 fully saturated rings. The van der Waals surface area contributed by atoms with Crippen LogP contribution < -0.4 is 5.32 Å². The standard InChI is InChI=1S/C19H20N2O3/c1-2-24-13-18(22)12-21-19(23)16-8-6-15(7-9-16)17-5-3-4-14(10-17)11-20/h3-10,18,22H,2,12-13H2,1H3,(H,21,23). The van der Waals surface area contributed by atoms with E-state index < -0.39 is 6.10 Å². The molecule has 2 aromatic carbocycles. The first-order chi connectivity index (χ1) is 11.6. The first kappa shape index (κ1) is 17.7. The number of carbonyl (C=O) groups is 1. The van der Waals surface area contributed by atoms with Crippen LogP contribution in [0.25, 0.3) is 11.1 Å². The number of nitrogens with one attached hydrogen (secondary N) is 1. The summed E-state index contributed by atoms with van der Waals surface area (Å²) in [5.74, 6) is -0.247. The number of nitriles is 1. The summed E-state index contributed by atoms with van der Waals surface area (Å²) in [6, 6.07) is 16.5. The Bertz CT molecular complexity index is 720. The fourth-order valence-electron chi connectivity index (χ4n) is 2.21. The fourth-order valence-corrected chi connectivity index (χ4v) is 2.21. The number of carbonyl (C=O) groups excluding carboxylic acids is 1. The van der Waals surface area contributed by atoms with Crippen molar-refractivity contribution in [2.45, 2.75) is 13.0 Å². The number of benzene rings is 2. The van der Waals surface area contributed by atoms with Crippen LogP contribution >= 0.6 is 0 Å². The zero-order valence-corrected chi connectivity index (χ0v) is 13.5. The van der Waals surface area contributed by atoms with Gasteiger partial charge in [-0.2, -0.15) is 5.26 Å². The van der Waals surface area contributed by atoms with Crippen molar-refractivity contribution in [3.8, 4) is 17.2 Å². The number of ether oxygens (including phenoxy) is 1. The Morgan fingerprint density at radius 1 is 1.25 bits per heavy atom. The molecule has 0 aliphatic heterocycles. The third-order valence-electron chi connectivity index (χ3n) is 3.48. The fraction of sp³-hybridized carbons (Fsp3) is 0.263. The van der Waals surface area contributed by atoms with Crippen LogP contribution in [-0.2, 0) is 4.74 Å². The molecule has 0 spiro atoms. The summed E-state index contributed by atoms with van der Waals surface area (Å²) in [6.45, 7) is 2.72. The molecule has 0 radical (unpaired) electrons. The lowest BCUT2D eigenvalue weighted by atomic mass is 10.0. The predicted molar refractivity (Wildman–Crippen MR) is 91.4 cm³/mol. The van der Waals surface area contributed by atoms with Crippen molar-refractivity contribution in [2.75, 3.05) is 19.8 Å². The van der Waals surface area contributed by atoms with Gasteiger partial charge in [-0.05, 0) is 42.3 Å². The molecule has 0 aliphatic rings. The van der Waals surface area contributed by atoms with E-state index in [1.165, 1.54) is 0 Å². The number of rotatable bonds is 7. The molecule has 1 unspecified atom stereocenters. The van der Waals surface area contributed by atoms with Crippen molar-refractivity contribution in [2.24, 2.45) is 0 Å². The maximum Gasteiger partial charge on any atom is 0.251 e. The minimum Gasteiger partial charge on any atom is -0.389 e. The van der Waals surface area contributed by atoms with Gasteiger partial charge in [0.15, 0.2) is 0 Å². The van der Waals surface area contributed by atoms with Crippen LogP contribution in [-0.4, -0.2) is 36.9 Å². The summed E-state index contributed by atoms with van der Waals surface area (Å²) in [4.78, 5) is 12.1. The van der Waals surface area contributed by atoms with Crippen LogP contribution in [0.5, 0.6) is 0 Å². The second-order valence-corrected chi connectivity index (χ2v) is 5.29. The average Bonchev–Trinajstić information content (AvgIpc) is 2.64. The van der Waals surface area contributed by atoms with Crippen molar-refractivity contribution in [1.29, 1.82) is 5.26 Å². The second-order valence-electron chi connectivity index (χ2n) is 5.29. The van der Waals surface area contributed by atoms with Crippen LogP contribution in [0.3, 0.4) is 0 Å². The third kappa shape index (κ3) is 4.92. The van der Waals surface area contributed by atoms with Gasteiger partial charge in [0.25, 0.3) is 5.91 Å². The Morgan fingerprint density at radius 3 is 2.67 bits per heavy atom. The number of aliphatic hydroxyl groups is 1. The zero-order valence-electron chi connectivity index (χ0n) is 13.5. The molecule has 5 nitrogen and oxygen atoms in total. The highest BCUT2D eigenvalue weighted by Gasteiger charge is 2.09. The Hall–Kier alpha value is -2.68. The molecule has 2 rings (SSSR count). The SMILES string of the molecule is CCOCC(O)CNC(=O)c1ccc(-c2cccc(C#N)c2)cc1. The third-order valence-corrected chi connectivity index (χ3v) is 3.48. The molecule has 0 saturated carbocycles. The number of hydrogen-bond donors (Lipinski definition) is 2. The molecule has 1 amide bonds. The van der Waals surface area contributed by atoms with Crippen molar-refractivity contribution >= 4 is 5.91 Å². The van der Waals surface area contributed by atoms with E-state index in [-0.39, 0.29) is 19.1 Å². The summed E-state index contributed by atoms with van der Waals surface area (Å²) < 4.78 is 5.09. The largest absolute Gasteiger partial charge is 0.389 e. The number of amides is 1. The molecule has 2 aromatic rings. The van der Waals surface area contributed by atoms with Crippen LogP contribution in [0.4, 0.5) is 0 Å². The van der Waals surface area contributed by atoms with Gasteiger partial charge < -0.3 is 15.2 Å². The van der Waals surface area contributed by atoms with E-state index in [9.17, 15) is 9.90 Å². The molecule has 1 atom stereocenters. The van der Waals surface area contributed by atoms with E-state index in [4.69, 9.17) is 10.00 Å². The van der Waals surface area contributed by atoms with E-state index in [0.29, 0.717) is 17.7 Å². The predicted octanol–water partition coefficient (Wildman–Crippen LogP) is 2.35. The highest BCUT2D eigenvalue weighted by Crippen LogP contribution is 2.20. The zero-order chi connectivity index (χ0) is 17.4. The topological polar surface area (TPSA) is 82.3 Å². The molecule has 124 valence electrons. The van der Waals surface area contributed by atoms with Gasteiger partial charge >= 0.3 is 0 Å². The molecule has 24 heavy (non-hydrogen) atoms. The first-order valence-electron chi connectivity index (χ1n) is 7.78. The Kier molecular flexibility index (Phi) is 6.50. The van der Waals surface area contributed by atoms with Crippen LogP contribution in [0.1, 0.15) is 22.8 Å². The van der Waals surface area contributed by atoms with Gasteiger partial charge in [-0.1, -0.05) is 24.3 Å². The van der Waals surface area contributed by atoms with Gasteiger partial charge in [0.05, 0.1) is 24.3 Å². The molecule has 0 aliphatic carbocycles. The van der Waals surface area contributed by atoms with Crippen LogP contribution in [0.2, 0.25) is 0 Å². The normalized spacial score (nSPS) is 11.5. The summed E-state index contributed by atoms with van der Waals surface area (Å²) in [7, 11) is 0. The van der Waals surface area contributed by atoms with Crippen molar-refractivity contribution in [3.05, 3.63) is 59.7 Å². The van der Waals surface area contributed by atoms with Gasteiger partial charge in [0.1, 0.15) is 0 Å². The van der Waals surface area contributed by atoms with E-state index in [0.717, 1.165) is 11.1 Å². The summed E-state index contributed by atoms with van der Waals surface area (Å²) in [5, 5.41) is 21.3. The smallest absolute Gasteiger partial charge is 0.251 e. The number of aliphatic hydroxyl groups excluding tert-OH is 1. The van der Waals surface area contributed by atoms with E-state index in [2.05, 4.69) is 11.4 Å². The van der Waals surface area contributed by atoms with Crippen LogP contribution in [0.15, 0.2) is 48.5 Å². The molecular formula is C19H20N2O3. The van der Waals surface area contributed by atoms with Crippen molar-refractivity contribution < 1.29 is 14.6 Å². The second kappa shape index (κ2) is 8.82. The van der Waals surface area contributed by atoms with E-state index >= 15 is 0 Å². The minimum atomic E-state index is -0.720. The van der Waals surface area contributed by atoms with E-state index in [1.54, 1.807) is 24.3 Å². The van der Waals surface area contributed by atoms with Gasteiger partial charge in [-0.3, -0.25) is 4.79 Å². The molecule has 0 saturated heterocycles. The van der Waals surface area contributed by atoms with Crippen molar-refractivity contribution in [1.82, 2.24) is 5.32 Å². The lowest BCUT2D eigenvalue weighted by Gasteiger charge is -2.12. The average molecular weight is 324 g/mol. The monoisotopic (exact) mass is 324 g/mol. The first-order valence-corrected chi connectivity index (χ1v) is 7.78.